The van der Waals surface area contributed by atoms with Crippen LogP contribution < -0.4 is 0 Å². The van der Waals surface area contributed by atoms with Gasteiger partial charge in [-0.3, -0.25) is 0 Å². The second-order valence-electron chi connectivity index (χ2n) is 4.99. The van der Waals surface area contributed by atoms with Crippen molar-refractivity contribution in [2.45, 2.75) is 25.4 Å². The van der Waals surface area contributed by atoms with Crippen molar-refractivity contribution in [3.63, 3.8) is 0 Å². The smallest absolute Gasteiger partial charge is 0.129 e. The lowest BCUT2D eigenvalue weighted by atomic mass is 9.93. The van der Waals surface area contributed by atoms with Gasteiger partial charge < -0.3 is 10.2 Å². The van der Waals surface area contributed by atoms with Crippen LogP contribution >= 0.6 is 0 Å². The standard InChI is InChI=1S/C13H16O2/c14-12-3-1-2-8(7-13(12)15)9-4-10-6-11(10)5-9/h1-3,7,9-12,14-15H,4-6H2. The fraction of sp³-hybridized carbons (Fsp3) is 0.538. The average Bonchev–Trinajstić information content (AvgIpc) is 2.87. The van der Waals surface area contributed by atoms with Crippen LogP contribution in [0.5, 0.6) is 0 Å². The number of hydrogen-bond donors (Lipinski definition) is 2. The molecular weight excluding hydrogens is 188 g/mol. The van der Waals surface area contributed by atoms with Crippen LogP contribution in [0.3, 0.4) is 0 Å². The molecule has 2 N–H and O–H groups in total. The lowest BCUT2D eigenvalue weighted by Crippen LogP contribution is -2.06. The zero-order valence-electron chi connectivity index (χ0n) is 8.63. The van der Waals surface area contributed by atoms with Gasteiger partial charge in [0.2, 0.25) is 0 Å². The highest BCUT2D eigenvalue weighted by atomic mass is 16.3. The molecule has 2 saturated carbocycles. The van der Waals surface area contributed by atoms with E-state index in [0.717, 1.165) is 11.8 Å². The maximum absolute atomic E-state index is 9.58. The molecule has 0 spiro atoms. The minimum Gasteiger partial charge on any atom is -0.509 e. The maximum atomic E-state index is 9.58. The van der Waals surface area contributed by atoms with E-state index in [1.54, 1.807) is 12.2 Å². The Labute approximate surface area is 89.6 Å². The van der Waals surface area contributed by atoms with Crippen LogP contribution in [0.1, 0.15) is 19.3 Å². The molecule has 0 radical (unpaired) electrons. The number of aliphatic hydroxyl groups is 2. The Morgan fingerprint density at radius 2 is 1.87 bits per heavy atom. The van der Waals surface area contributed by atoms with E-state index in [0.29, 0.717) is 5.92 Å². The quantitative estimate of drug-likeness (QED) is 0.688. The fourth-order valence-electron chi connectivity index (χ4n) is 2.92. The lowest BCUT2D eigenvalue weighted by Gasteiger charge is -2.13. The molecule has 0 amide bonds. The molecule has 15 heavy (non-hydrogen) atoms. The number of hydrogen-bond acceptors (Lipinski definition) is 2. The molecule has 0 aromatic heterocycles. The molecule has 2 fully saturated rings. The van der Waals surface area contributed by atoms with Gasteiger partial charge in [0.15, 0.2) is 0 Å². The lowest BCUT2D eigenvalue weighted by molar-refractivity contribution is 0.193. The van der Waals surface area contributed by atoms with Gasteiger partial charge in [0.1, 0.15) is 11.9 Å². The second kappa shape index (κ2) is 3.24. The molecule has 3 aliphatic rings. The van der Waals surface area contributed by atoms with Crippen molar-refractivity contribution in [1.82, 2.24) is 0 Å². The van der Waals surface area contributed by atoms with Gasteiger partial charge in [-0.05, 0) is 54.7 Å². The summed E-state index contributed by atoms with van der Waals surface area (Å²) in [5, 5.41) is 19.0. The van der Waals surface area contributed by atoms with Gasteiger partial charge in [-0.2, -0.15) is 0 Å². The van der Waals surface area contributed by atoms with Crippen LogP contribution in [0.15, 0.2) is 35.6 Å². The minimum atomic E-state index is -0.824. The van der Waals surface area contributed by atoms with Crippen molar-refractivity contribution in [1.29, 1.82) is 0 Å². The zero-order valence-corrected chi connectivity index (χ0v) is 8.63. The first-order valence-electron chi connectivity index (χ1n) is 5.71. The van der Waals surface area contributed by atoms with Crippen molar-refractivity contribution >= 4 is 0 Å². The van der Waals surface area contributed by atoms with Crippen molar-refractivity contribution in [3.05, 3.63) is 35.6 Å². The van der Waals surface area contributed by atoms with Crippen LogP contribution in [0.4, 0.5) is 0 Å². The number of aliphatic hydroxyl groups excluding tert-OH is 2. The highest BCUT2D eigenvalue weighted by Gasteiger charge is 2.46. The van der Waals surface area contributed by atoms with Crippen LogP contribution in [0, 0.1) is 17.8 Å². The highest BCUT2D eigenvalue weighted by Crippen LogP contribution is 2.56. The summed E-state index contributed by atoms with van der Waals surface area (Å²) in [6.45, 7) is 0. The third-order valence-corrected chi connectivity index (χ3v) is 3.91. The van der Waals surface area contributed by atoms with E-state index in [4.69, 9.17) is 0 Å². The van der Waals surface area contributed by atoms with E-state index >= 15 is 0 Å². The van der Waals surface area contributed by atoms with Crippen molar-refractivity contribution < 1.29 is 10.2 Å². The van der Waals surface area contributed by atoms with E-state index in [-0.39, 0.29) is 5.76 Å². The normalized spacial score (nSPS) is 43.0. The molecule has 2 heteroatoms. The minimum absolute atomic E-state index is 0.0792. The second-order valence-corrected chi connectivity index (χ2v) is 4.99. The largest absolute Gasteiger partial charge is 0.509 e. The van der Waals surface area contributed by atoms with Crippen LogP contribution in [-0.4, -0.2) is 16.3 Å². The molecule has 0 aromatic rings. The summed E-state index contributed by atoms with van der Waals surface area (Å²) in [6.07, 6.45) is 10.4. The molecule has 0 aromatic carbocycles. The third-order valence-electron chi connectivity index (χ3n) is 3.91. The van der Waals surface area contributed by atoms with E-state index in [1.165, 1.54) is 24.8 Å². The first kappa shape index (κ1) is 9.22. The number of rotatable bonds is 1. The first-order valence-corrected chi connectivity index (χ1v) is 5.71. The molecule has 0 aliphatic heterocycles. The van der Waals surface area contributed by atoms with E-state index < -0.39 is 6.10 Å². The molecule has 3 rings (SSSR count). The number of allylic oxidation sites excluding steroid dienone is 4. The van der Waals surface area contributed by atoms with Crippen molar-refractivity contribution in [3.8, 4) is 0 Å². The molecule has 0 heterocycles. The van der Waals surface area contributed by atoms with E-state index in [2.05, 4.69) is 0 Å². The molecule has 2 nitrogen and oxygen atoms in total. The Balaban J connectivity index is 1.80. The summed E-state index contributed by atoms with van der Waals surface area (Å²) in [5.41, 5.74) is 1.19. The fourth-order valence-corrected chi connectivity index (χ4v) is 2.92. The topological polar surface area (TPSA) is 40.5 Å². The Morgan fingerprint density at radius 1 is 1.13 bits per heavy atom. The maximum Gasteiger partial charge on any atom is 0.129 e. The predicted octanol–water partition coefficient (Wildman–Crippen LogP) is 2.33. The van der Waals surface area contributed by atoms with Crippen molar-refractivity contribution in [2.24, 2.45) is 17.8 Å². The third kappa shape index (κ3) is 1.63. The summed E-state index contributed by atoms with van der Waals surface area (Å²) in [6, 6.07) is 0. The Hall–Kier alpha value is -1.02. The molecule has 0 bridgehead atoms. The molecule has 3 unspecified atom stereocenters. The molecule has 80 valence electrons. The van der Waals surface area contributed by atoms with Gasteiger partial charge in [0.25, 0.3) is 0 Å². The Kier molecular flexibility index (Phi) is 1.99. The predicted molar refractivity (Wildman–Crippen MR) is 58.3 cm³/mol. The Morgan fingerprint density at radius 3 is 2.60 bits per heavy atom. The van der Waals surface area contributed by atoms with E-state index in [1.807, 2.05) is 12.2 Å². The molecule has 3 aliphatic carbocycles. The summed E-state index contributed by atoms with van der Waals surface area (Å²) < 4.78 is 0. The number of fused-ring (bicyclic) bond motifs is 1. The molecule has 3 atom stereocenters. The van der Waals surface area contributed by atoms with Gasteiger partial charge >= 0.3 is 0 Å². The van der Waals surface area contributed by atoms with E-state index in [9.17, 15) is 10.2 Å². The van der Waals surface area contributed by atoms with Gasteiger partial charge in [-0.1, -0.05) is 12.2 Å². The van der Waals surface area contributed by atoms with Gasteiger partial charge in [-0.25, -0.2) is 0 Å². The van der Waals surface area contributed by atoms with Crippen LogP contribution in [-0.2, 0) is 0 Å². The zero-order chi connectivity index (χ0) is 10.4. The summed E-state index contributed by atoms with van der Waals surface area (Å²) in [4.78, 5) is 0. The van der Waals surface area contributed by atoms with Gasteiger partial charge in [0, 0.05) is 0 Å². The van der Waals surface area contributed by atoms with Crippen molar-refractivity contribution in [2.75, 3.05) is 0 Å². The van der Waals surface area contributed by atoms with Crippen LogP contribution in [0.25, 0.3) is 0 Å². The van der Waals surface area contributed by atoms with Gasteiger partial charge in [0.05, 0.1) is 0 Å². The summed E-state index contributed by atoms with van der Waals surface area (Å²) in [7, 11) is 0. The highest BCUT2D eigenvalue weighted by molar-refractivity contribution is 5.34. The molecular formula is C13H16O2. The SMILES string of the molecule is OC1=CC(C2CC3CC3C2)=CC=CC1O. The summed E-state index contributed by atoms with van der Waals surface area (Å²) in [5.74, 6) is 2.58. The Bertz CT molecular complexity index is 355. The summed E-state index contributed by atoms with van der Waals surface area (Å²) >= 11 is 0. The molecule has 0 saturated heterocycles. The van der Waals surface area contributed by atoms with Gasteiger partial charge in [-0.15, -0.1) is 0 Å². The monoisotopic (exact) mass is 204 g/mol. The average molecular weight is 204 g/mol. The van der Waals surface area contributed by atoms with Crippen LogP contribution in [0.2, 0.25) is 0 Å². The first-order chi connectivity index (χ1) is 7.24.